The SMILES string of the molecule is CC1(c2ccc(-c3csc(C4CCCCC4)c3)c(Br)c2)OC(=O)C(O)=C1O. The van der Waals surface area contributed by atoms with Gasteiger partial charge in [0.05, 0.1) is 0 Å². The Bertz CT molecular complexity index is 926. The van der Waals surface area contributed by atoms with Crippen LogP contribution in [0.25, 0.3) is 11.1 Å². The van der Waals surface area contributed by atoms with E-state index in [2.05, 4.69) is 27.4 Å². The number of esters is 1. The van der Waals surface area contributed by atoms with E-state index >= 15 is 0 Å². The third-order valence-corrected chi connectivity index (χ3v) is 7.38. The van der Waals surface area contributed by atoms with Crippen LogP contribution in [0.5, 0.6) is 0 Å². The Morgan fingerprint density at radius 3 is 2.56 bits per heavy atom. The minimum absolute atomic E-state index is 0.456. The fourth-order valence-corrected chi connectivity index (χ4v) is 5.63. The average Bonchev–Trinajstić information content (AvgIpc) is 3.23. The standard InChI is InChI=1S/C21H21BrO4S/c1-21(19(24)18(23)20(25)26-21)14-7-8-15(16(22)10-14)13-9-17(27-11-13)12-5-3-2-4-6-12/h7-12,23-24H,2-6H2,1H3. The minimum atomic E-state index is -1.37. The molecule has 0 amide bonds. The Balaban J connectivity index is 1.63. The van der Waals surface area contributed by atoms with Gasteiger partial charge in [-0.2, -0.15) is 0 Å². The zero-order chi connectivity index (χ0) is 19.2. The number of hydrogen-bond acceptors (Lipinski definition) is 5. The first kappa shape index (κ1) is 18.6. The van der Waals surface area contributed by atoms with Gasteiger partial charge in [0.1, 0.15) is 0 Å². The molecule has 27 heavy (non-hydrogen) atoms. The number of cyclic esters (lactones) is 1. The molecular weight excluding hydrogens is 428 g/mol. The van der Waals surface area contributed by atoms with Crippen molar-refractivity contribution in [1.82, 2.24) is 0 Å². The molecule has 2 heterocycles. The Morgan fingerprint density at radius 1 is 1.19 bits per heavy atom. The maximum absolute atomic E-state index is 11.6. The molecule has 2 aromatic rings. The van der Waals surface area contributed by atoms with E-state index in [0.717, 1.165) is 15.6 Å². The predicted octanol–water partition coefficient (Wildman–Crippen LogP) is 6.32. The van der Waals surface area contributed by atoms with E-state index in [0.29, 0.717) is 11.5 Å². The summed E-state index contributed by atoms with van der Waals surface area (Å²) in [6.07, 6.45) is 6.54. The van der Waals surface area contributed by atoms with Gasteiger partial charge in [-0.05, 0) is 54.3 Å². The lowest BCUT2D eigenvalue weighted by Crippen LogP contribution is -2.25. The highest BCUT2D eigenvalue weighted by Gasteiger charge is 2.46. The number of carbonyl (C=O) groups is 1. The number of rotatable bonds is 3. The highest BCUT2D eigenvalue weighted by Crippen LogP contribution is 2.43. The van der Waals surface area contributed by atoms with Crippen molar-refractivity contribution in [2.24, 2.45) is 0 Å². The first-order valence-corrected chi connectivity index (χ1v) is 10.8. The summed E-state index contributed by atoms with van der Waals surface area (Å²) in [6.45, 7) is 1.57. The molecule has 1 aromatic heterocycles. The summed E-state index contributed by atoms with van der Waals surface area (Å²) in [7, 11) is 0. The topological polar surface area (TPSA) is 66.8 Å². The summed E-state index contributed by atoms with van der Waals surface area (Å²) >= 11 is 5.43. The van der Waals surface area contributed by atoms with E-state index in [1.165, 1.54) is 37.0 Å². The Hall–Kier alpha value is -1.79. The first-order valence-electron chi connectivity index (χ1n) is 9.15. The van der Waals surface area contributed by atoms with Crippen LogP contribution in [0.4, 0.5) is 0 Å². The monoisotopic (exact) mass is 448 g/mol. The van der Waals surface area contributed by atoms with Crippen LogP contribution in [-0.2, 0) is 15.1 Å². The van der Waals surface area contributed by atoms with Crippen LogP contribution in [0, 0.1) is 0 Å². The van der Waals surface area contributed by atoms with Crippen molar-refractivity contribution in [2.45, 2.75) is 50.5 Å². The zero-order valence-corrected chi connectivity index (χ0v) is 17.4. The van der Waals surface area contributed by atoms with Crippen LogP contribution >= 0.6 is 27.3 Å². The molecule has 2 N–H and O–H groups in total. The van der Waals surface area contributed by atoms with E-state index in [4.69, 9.17) is 4.74 Å². The van der Waals surface area contributed by atoms with E-state index < -0.39 is 23.1 Å². The summed E-state index contributed by atoms with van der Waals surface area (Å²) in [6, 6.07) is 7.88. The molecule has 1 atom stereocenters. The fraction of sp³-hybridized carbons (Fsp3) is 0.381. The molecule has 1 fully saturated rings. The molecule has 2 aliphatic rings. The summed E-state index contributed by atoms with van der Waals surface area (Å²) in [4.78, 5) is 13.0. The molecule has 0 radical (unpaired) electrons. The lowest BCUT2D eigenvalue weighted by Gasteiger charge is -2.24. The predicted molar refractivity (Wildman–Crippen MR) is 109 cm³/mol. The molecule has 142 valence electrons. The number of aliphatic hydroxyl groups is 2. The van der Waals surface area contributed by atoms with Crippen molar-refractivity contribution >= 4 is 33.2 Å². The summed E-state index contributed by atoms with van der Waals surface area (Å²) in [5.74, 6) is -1.42. The van der Waals surface area contributed by atoms with Gasteiger partial charge in [-0.25, -0.2) is 4.79 Å². The second-order valence-electron chi connectivity index (χ2n) is 7.39. The van der Waals surface area contributed by atoms with Gasteiger partial charge in [-0.15, -0.1) is 11.3 Å². The second-order valence-corrected chi connectivity index (χ2v) is 9.18. The molecule has 1 aliphatic carbocycles. The Kier molecular flexibility index (Phi) is 4.80. The maximum atomic E-state index is 11.6. The van der Waals surface area contributed by atoms with Crippen LogP contribution < -0.4 is 0 Å². The molecule has 1 aliphatic heterocycles. The molecule has 0 saturated heterocycles. The van der Waals surface area contributed by atoms with Crippen molar-refractivity contribution in [2.75, 3.05) is 0 Å². The molecule has 1 unspecified atom stereocenters. The number of carbonyl (C=O) groups excluding carboxylic acids is 1. The van der Waals surface area contributed by atoms with E-state index in [9.17, 15) is 15.0 Å². The molecular formula is C21H21BrO4S. The minimum Gasteiger partial charge on any atom is -0.505 e. The molecule has 0 spiro atoms. The molecule has 4 nitrogen and oxygen atoms in total. The van der Waals surface area contributed by atoms with Crippen LogP contribution in [0.15, 0.2) is 45.6 Å². The van der Waals surface area contributed by atoms with Gasteiger partial charge in [-0.3, -0.25) is 0 Å². The van der Waals surface area contributed by atoms with Gasteiger partial charge in [0.2, 0.25) is 5.76 Å². The Morgan fingerprint density at radius 2 is 1.93 bits per heavy atom. The Labute approximate surface area is 170 Å². The summed E-state index contributed by atoms with van der Waals surface area (Å²) in [5, 5.41) is 22.0. The van der Waals surface area contributed by atoms with Gasteiger partial charge in [0.25, 0.3) is 0 Å². The van der Waals surface area contributed by atoms with Gasteiger partial charge >= 0.3 is 5.97 Å². The van der Waals surface area contributed by atoms with Gasteiger partial charge < -0.3 is 14.9 Å². The largest absolute Gasteiger partial charge is 0.505 e. The van der Waals surface area contributed by atoms with Crippen molar-refractivity contribution in [1.29, 1.82) is 0 Å². The van der Waals surface area contributed by atoms with Gasteiger partial charge in [-0.1, -0.05) is 47.3 Å². The van der Waals surface area contributed by atoms with E-state index in [-0.39, 0.29) is 0 Å². The smallest absolute Gasteiger partial charge is 0.378 e. The summed E-state index contributed by atoms with van der Waals surface area (Å²) < 4.78 is 6.06. The maximum Gasteiger partial charge on any atom is 0.378 e. The van der Waals surface area contributed by atoms with Crippen LogP contribution in [0.3, 0.4) is 0 Å². The average molecular weight is 449 g/mol. The normalized spacial score (nSPS) is 23.7. The lowest BCUT2D eigenvalue weighted by molar-refractivity contribution is -0.149. The highest BCUT2D eigenvalue weighted by molar-refractivity contribution is 9.10. The number of ether oxygens (including phenoxy) is 1. The number of hydrogen-bond donors (Lipinski definition) is 2. The molecule has 1 saturated carbocycles. The quantitative estimate of drug-likeness (QED) is 0.538. The zero-order valence-electron chi connectivity index (χ0n) is 15.0. The first-order chi connectivity index (χ1) is 12.9. The van der Waals surface area contributed by atoms with Gasteiger partial charge in [0, 0.05) is 14.9 Å². The number of halogens is 1. The van der Waals surface area contributed by atoms with E-state index in [1.807, 2.05) is 29.5 Å². The van der Waals surface area contributed by atoms with Crippen LogP contribution in [-0.4, -0.2) is 16.2 Å². The third-order valence-electron chi connectivity index (χ3n) is 5.62. The highest BCUT2D eigenvalue weighted by atomic mass is 79.9. The van der Waals surface area contributed by atoms with Crippen molar-refractivity contribution < 1.29 is 19.7 Å². The second kappa shape index (κ2) is 6.99. The lowest BCUT2D eigenvalue weighted by atomic mass is 9.88. The third kappa shape index (κ3) is 3.19. The molecule has 4 rings (SSSR count). The summed E-state index contributed by atoms with van der Waals surface area (Å²) in [5.41, 5.74) is 1.44. The molecule has 0 bridgehead atoms. The van der Waals surface area contributed by atoms with E-state index in [1.54, 1.807) is 6.92 Å². The van der Waals surface area contributed by atoms with Crippen LogP contribution in [0.1, 0.15) is 55.4 Å². The van der Waals surface area contributed by atoms with Crippen LogP contribution in [0.2, 0.25) is 0 Å². The van der Waals surface area contributed by atoms with Gasteiger partial charge in [0.15, 0.2) is 11.4 Å². The molecule has 1 aromatic carbocycles. The molecule has 6 heteroatoms. The van der Waals surface area contributed by atoms with Crippen molar-refractivity contribution in [3.8, 4) is 11.1 Å². The number of aliphatic hydroxyl groups excluding tert-OH is 2. The fourth-order valence-electron chi connectivity index (χ4n) is 3.94. The number of benzene rings is 1. The number of thiophene rings is 1. The van der Waals surface area contributed by atoms with Crippen molar-refractivity contribution in [3.05, 3.63) is 56.1 Å². The van der Waals surface area contributed by atoms with Crippen molar-refractivity contribution in [3.63, 3.8) is 0 Å².